The van der Waals surface area contributed by atoms with Gasteiger partial charge in [0.1, 0.15) is 0 Å². The van der Waals surface area contributed by atoms with Gasteiger partial charge in [-0.1, -0.05) is 20.3 Å². The first-order valence-electron chi connectivity index (χ1n) is 8.37. The van der Waals surface area contributed by atoms with E-state index in [1.807, 2.05) is 41.5 Å². The molecule has 0 spiro atoms. The summed E-state index contributed by atoms with van der Waals surface area (Å²) in [6.07, 6.45) is 2.12. The third-order valence-electron chi connectivity index (χ3n) is 4.79. The van der Waals surface area contributed by atoms with E-state index < -0.39 is 15.9 Å². The van der Waals surface area contributed by atoms with Gasteiger partial charge in [0.2, 0.25) is 0 Å². The zero-order valence-corrected chi connectivity index (χ0v) is 17.0. The maximum Gasteiger partial charge on any atom is 0.0789 e. The van der Waals surface area contributed by atoms with Gasteiger partial charge in [-0.2, -0.15) is 12.6 Å². The molecule has 0 fully saturated rings. The quantitative estimate of drug-likeness (QED) is 0.579. The highest BCUT2D eigenvalue weighted by Crippen LogP contribution is 2.35. The SMILES string of the molecule is CCCC(C)(C)OCC(C)(S)C(C)(C)OCC(C)C(C)(C)O. The number of hydrogen-bond donors (Lipinski definition) is 2. The van der Waals surface area contributed by atoms with Crippen molar-refractivity contribution >= 4 is 12.6 Å². The molecule has 0 heterocycles. The van der Waals surface area contributed by atoms with Gasteiger partial charge in [-0.3, -0.25) is 0 Å². The molecule has 134 valence electrons. The summed E-state index contributed by atoms with van der Waals surface area (Å²) in [6, 6.07) is 0. The smallest absolute Gasteiger partial charge is 0.0789 e. The summed E-state index contributed by atoms with van der Waals surface area (Å²) in [4.78, 5) is 0. The second-order valence-corrected chi connectivity index (χ2v) is 9.44. The molecular formula is C18H38O3S. The molecule has 2 unspecified atom stereocenters. The van der Waals surface area contributed by atoms with E-state index in [4.69, 9.17) is 22.1 Å². The van der Waals surface area contributed by atoms with Crippen molar-refractivity contribution < 1.29 is 14.6 Å². The molecule has 0 aliphatic carbocycles. The van der Waals surface area contributed by atoms with Crippen LogP contribution in [-0.2, 0) is 9.47 Å². The Morgan fingerprint density at radius 3 is 1.91 bits per heavy atom. The lowest BCUT2D eigenvalue weighted by atomic mass is 9.90. The molecule has 0 saturated heterocycles. The molecule has 0 saturated carbocycles. The standard InChI is InChI=1S/C18H38O3S/c1-10-11-15(3,4)21-13-18(9,22)17(7,8)20-12-14(2)16(5,6)19/h14,19,22H,10-13H2,1-9H3. The highest BCUT2D eigenvalue weighted by Gasteiger charge is 2.41. The van der Waals surface area contributed by atoms with Crippen molar-refractivity contribution in [3.8, 4) is 0 Å². The van der Waals surface area contributed by atoms with Crippen LogP contribution in [-0.4, -0.2) is 39.9 Å². The molecule has 0 amide bonds. The van der Waals surface area contributed by atoms with Crippen molar-refractivity contribution in [3.05, 3.63) is 0 Å². The lowest BCUT2D eigenvalue weighted by Crippen LogP contribution is -2.51. The Labute approximate surface area is 143 Å². The van der Waals surface area contributed by atoms with Crippen LogP contribution in [0.3, 0.4) is 0 Å². The van der Waals surface area contributed by atoms with Gasteiger partial charge in [-0.05, 0) is 54.9 Å². The highest BCUT2D eigenvalue weighted by molar-refractivity contribution is 7.81. The summed E-state index contributed by atoms with van der Waals surface area (Å²) in [5.41, 5.74) is -1.35. The highest BCUT2D eigenvalue weighted by atomic mass is 32.1. The molecule has 0 aliphatic heterocycles. The Kier molecular flexibility index (Phi) is 7.95. The number of ether oxygens (including phenoxy) is 2. The van der Waals surface area contributed by atoms with Gasteiger partial charge in [-0.25, -0.2) is 0 Å². The maximum atomic E-state index is 10.0. The average Bonchev–Trinajstić information content (AvgIpc) is 2.32. The van der Waals surface area contributed by atoms with Crippen molar-refractivity contribution in [3.63, 3.8) is 0 Å². The fraction of sp³-hybridized carbons (Fsp3) is 1.00. The average molecular weight is 335 g/mol. The first-order valence-corrected chi connectivity index (χ1v) is 8.82. The van der Waals surface area contributed by atoms with E-state index in [-0.39, 0.29) is 11.5 Å². The van der Waals surface area contributed by atoms with Crippen LogP contribution in [0.1, 0.15) is 75.2 Å². The van der Waals surface area contributed by atoms with Gasteiger partial charge in [0.15, 0.2) is 0 Å². The Morgan fingerprint density at radius 1 is 1.00 bits per heavy atom. The van der Waals surface area contributed by atoms with E-state index in [9.17, 15) is 5.11 Å². The number of aliphatic hydroxyl groups is 1. The minimum Gasteiger partial charge on any atom is -0.390 e. The molecule has 3 nitrogen and oxygen atoms in total. The van der Waals surface area contributed by atoms with Gasteiger partial charge < -0.3 is 14.6 Å². The molecule has 0 aromatic heterocycles. The van der Waals surface area contributed by atoms with Crippen LogP contribution >= 0.6 is 12.6 Å². The molecule has 0 aliphatic rings. The van der Waals surface area contributed by atoms with Gasteiger partial charge in [-0.15, -0.1) is 0 Å². The molecule has 0 radical (unpaired) electrons. The van der Waals surface area contributed by atoms with Crippen LogP contribution in [0.5, 0.6) is 0 Å². The minimum atomic E-state index is -0.747. The largest absolute Gasteiger partial charge is 0.390 e. The zero-order chi connectivity index (χ0) is 17.8. The van der Waals surface area contributed by atoms with Crippen molar-refractivity contribution in [2.24, 2.45) is 5.92 Å². The van der Waals surface area contributed by atoms with Crippen LogP contribution in [0, 0.1) is 5.92 Å². The van der Waals surface area contributed by atoms with Crippen molar-refractivity contribution in [1.82, 2.24) is 0 Å². The minimum absolute atomic E-state index is 0.0494. The van der Waals surface area contributed by atoms with Crippen molar-refractivity contribution in [2.45, 2.75) is 96.7 Å². The lowest BCUT2D eigenvalue weighted by molar-refractivity contribution is -0.116. The molecule has 0 aromatic rings. The molecular weight excluding hydrogens is 296 g/mol. The molecule has 2 atom stereocenters. The van der Waals surface area contributed by atoms with Gasteiger partial charge in [0, 0.05) is 5.92 Å². The summed E-state index contributed by atoms with van der Waals surface area (Å²) in [6.45, 7) is 19.1. The molecule has 1 N–H and O–H groups in total. The maximum absolute atomic E-state index is 10.0. The molecule has 0 bridgehead atoms. The van der Waals surface area contributed by atoms with E-state index in [1.165, 1.54) is 0 Å². The van der Waals surface area contributed by atoms with Crippen LogP contribution in [0.2, 0.25) is 0 Å². The fourth-order valence-electron chi connectivity index (χ4n) is 1.88. The van der Waals surface area contributed by atoms with Crippen molar-refractivity contribution in [2.75, 3.05) is 13.2 Å². The predicted molar refractivity (Wildman–Crippen MR) is 97.8 cm³/mol. The van der Waals surface area contributed by atoms with E-state index in [2.05, 4.69) is 20.8 Å². The molecule has 22 heavy (non-hydrogen) atoms. The summed E-state index contributed by atoms with van der Waals surface area (Å²) >= 11 is 4.81. The number of hydrogen-bond acceptors (Lipinski definition) is 4. The summed E-state index contributed by atoms with van der Waals surface area (Å²) in [7, 11) is 0. The Balaban J connectivity index is 4.66. The summed E-state index contributed by atoms with van der Waals surface area (Å²) in [5.74, 6) is 0.0494. The summed E-state index contributed by atoms with van der Waals surface area (Å²) in [5, 5.41) is 10.0. The molecule has 0 rings (SSSR count). The number of rotatable bonds is 10. The monoisotopic (exact) mass is 334 g/mol. The Morgan fingerprint density at radius 2 is 1.50 bits per heavy atom. The van der Waals surface area contributed by atoms with E-state index in [0.29, 0.717) is 13.2 Å². The third kappa shape index (κ3) is 7.20. The normalized spacial score (nSPS) is 18.1. The third-order valence-corrected chi connectivity index (χ3v) is 5.46. The molecule has 0 aromatic carbocycles. The molecule has 4 heteroatoms. The van der Waals surface area contributed by atoms with E-state index in [0.717, 1.165) is 12.8 Å². The summed E-state index contributed by atoms with van der Waals surface area (Å²) < 4.78 is 11.8. The first kappa shape index (κ1) is 22.2. The van der Waals surface area contributed by atoms with Gasteiger partial charge in [0.25, 0.3) is 0 Å². The first-order chi connectivity index (χ1) is 9.65. The van der Waals surface area contributed by atoms with Crippen LogP contribution in [0.15, 0.2) is 0 Å². The second-order valence-electron chi connectivity index (χ2n) is 8.45. The van der Waals surface area contributed by atoms with Crippen LogP contribution in [0.4, 0.5) is 0 Å². The van der Waals surface area contributed by atoms with Gasteiger partial charge in [0.05, 0.1) is 34.8 Å². The van der Waals surface area contributed by atoms with Crippen LogP contribution < -0.4 is 0 Å². The fourth-order valence-corrected chi connectivity index (χ4v) is 2.01. The zero-order valence-electron chi connectivity index (χ0n) is 16.1. The predicted octanol–water partition coefficient (Wildman–Crippen LogP) is 4.47. The number of thiol groups is 1. The van der Waals surface area contributed by atoms with Crippen molar-refractivity contribution in [1.29, 1.82) is 0 Å². The topological polar surface area (TPSA) is 38.7 Å². The van der Waals surface area contributed by atoms with E-state index >= 15 is 0 Å². The Bertz CT molecular complexity index is 330. The second kappa shape index (κ2) is 7.87. The van der Waals surface area contributed by atoms with Gasteiger partial charge >= 0.3 is 0 Å². The van der Waals surface area contributed by atoms with Crippen LogP contribution in [0.25, 0.3) is 0 Å². The van der Waals surface area contributed by atoms with E-state index in [1.54, 1.807) is 0 Å². The lowest BCUT2D eigenvalue weighted by Gasteiger charge is -2.43. The Hall–Kier alpha value is 0.230.